The predicted octanol–water partition coefficient (Wildman–Crippen LogP) is 5.88. The van der Waals surface area contributed by atoms with Crippen molar-refractivity contribution in [3.63, 3.8) is 0 Å². The van der Waals surface area contributed by atoms with Crippen LogP contribution >= 0.6 is 11.6 Å². The number of halogens is 2. The standard InChI is InChI=1S/C31H30ClFN4O3.CH5N.CH2O/c1-16-15-40-29-21(16)11-25(35-28(29)19-7-8-23(32)24(33)9-19)22(17-3-4-17)12-34-31(38)20-10-27(39-2)30-36-26(18-5-6-18)14-37(30)13-20;2*1-2/h7-11,13-14,16-18,22H,3-6,12,15H2,1-2H3,(H,34,38);2H2,1H3;1H2. The van der Waals surface area contributed by atoms with E-state index in [-0.39, 0.29) is 22.8 Å². The van der Waals surface area contributed by atoms with Gasteiger partial charge in [0.05, 0.1) is 30.0 Å². The molecule has 3 aliphatic rings. The normalized spacial score (nSPS) is 17.4. The fraction of sp³-hybridized carbons (Fsp3) is 0.394. The summed E-state index contributed by atoms with van der Waals surface area (Å²) in [6.07, 6.45) is 8.27. The van der Waals surface area contributed by atoms with E-state index < -0.39 is 5.82 Å². The summed E-state index contributed by atoms with van der Waals surface area (Å²) in [5.41, 5.74) is 9.98. The number of hydrogen-bond acceptors (Lipinski definition) is 7. The number of hydrogen-bond donors (Lipinski definition) is 2. The monoisotopic (exact) mass is 621 g/mol. The zero-order chi connectivity index (χ0) is 31.5. The lowest BCUT2D eigenvalue weighted by molar-refractivity contribution is -0.0980. The van der Waals surface area contributed by atoms with Crippen molar-refractivity contribution < 1.29 is 23.5 Å². The molecule has 232 valence electrons. The van der Waals surface area contributed by atoms with Crippen molar-refractivity contribution in [1.29, 1.82) is 0 Å². The van der Waals surface area contributed by atoms with Gasteiger partial charge in [-0.1, -0.05) is 24.6 Å². The Morgan fingerprint density at radius 1 is 1.18 bits per heavy atom. The Labute approximate surface area is 260 Å². The fourth-order valence-electron chi connectivity index (χ4n) is 5.67. The van der Waals surface area contributed by atoms with E-state index in [9.17, 15) is 9.18 Å². The van der Waals surface area contributed by atoms with E-state index >= 15 is 0 Å². The number of rotatable bonds is 8. The molecule has 4 aromatic rings. The number of nitrogens with two attached hydrogens (primary N) is 1. The smallest absolute Gasteiger partial charge is 0.252 e. The van der Waals surface area contributed by atoms with E-state index in [0.717, 1.165) is 48.3 Å². The molecule has 0 bridgehead atoms. The number of carbonyl (C=O) groups is 2. The quantitative estimate of drug-likeness (QED) is 0.252. The topological polar surface area (TPSA) is 121 Å². The first-order chi connectivity index (χ1) is 21.4. The molecule has 0 radical (unpaired) electrons. The molecule has 1 aromatic carbocycles. The lowest BCUT2D eigenvalue weighted by atomic mass is 9.93. The van der Waals surface area contributed by atoms with Gasteiger partial charge in [0.15, 0.2) is 11.4 Å². The highest BCUT2D eigenvalue weighted by molar-refractivity contribution is 6.30. The molecule has 4 heterocycles. The molecule has 7 rings (SSSR count). The van der Waals surface area contributed by atoms with Gasteiger partial charge in [0.25, 0.3) is 5.91 Å². The first-order valence-electron chi connectivity index (χ1n) is 14.7. The zero-order valence-corrected chi connectivity index (χ0v) is 25.9. The first-order valence-corrected chi connectivity index (χ1v) is 15.1. The predicted molar refractivity (Wildman–Crippen MR) is 167 cm³/mol. The Morgan fingerprint density at radius 3 is 2.59 bits per heavy atom. The molecule has 3 aromatic heterocycles. The van der Waals surface area contributed by atoms with Gasteiger partial charge in [0.1, 0.15) is 24.0 Å². The Morgan fingerprint density at radius 2 is 1.93 bits per heavy atom. The summed E-state index contributed by atoms with van der Waals surface area (Å²) in [5.74, 6) is 1.75. The third kappa shape index (κ3) is 6.27. The highest BCUT2D eigenvalue weighted by atomic mass is 35.5. The van der Waals surface area contributed by atoms with E-state index in [4.69, 9.17) is 35.8 Å². The van der Waals surface area contributed by atoms with Crippen LogP contribution in [0.4, 0.5) is 4.39 Å². The third-order valence-corrected chi connectivity index (χ3v) is 8.60. The molecule has 2 unspecified atom stereocenters. The molecular weight excluding hydrogens is 585 g/mol. The van der Waals surface area contributed by atoms with Gasteiger partial charge in [-0.3, -0.25) is 4.79 Å². The second-order valence-corrected chi connectivity index (χ2v) is 11.7. The molecular formula is C33H37ClFN5O4. The van der Waals surface area contributed by atoms with Crippen LogP contribution in [0.3, 0.4) is 0 Å². The minimum Gasteiger partial charge on any atom is -0.493 e. The lowest BCUT2D eigenvalue weighted by Crippen LogP contribution is -2.30. The number of benzene rings is 1. The Kier molecular flexibility index (Phi) is 9.51. The van der Waals surface area contributed by atoms with Crippen molar-refractivity contribution in [2.24, 2.45) is 11.7 Å². The van der Waals surface area contributed by atoms with Gasteiger partial charge in [0.2, 0.25) is 0 Å². The van der Waals surface area contributed by atoms with Gasteiger partial charge < -0.3 is 29.7 Å². The van der Waals surface area contributed by atoms with E-state index in [0.29, 0.717) is 53.3 Å². The van der Waals surface area contributed by atoms with Gasteiger partial charge in [0, 0.05) is 53.5 Å². The molecule has 0 saturated heterocycles. The summed E-state index contributed by atoms with van der Waals surface area (Å²) in [7, 11) is 3.10. The van der Waals surface area contributed by atoms with Crippen LogP contribution in [-0.4, -0.2) is 54.4 Å². The summed E-state index contributed by atoms with van der Waals surface area (Å²) < 4.78 is 27.9. The van der Waals surface area contributed by atoms with Gasteiger partial charge >= 0.3 is 0 Å². The van der Waals surface area contributed by atoms with E-state index in [1.54, 1.807) is 25.3 Å². The molecule has 0 spiro atoms. The van der Waals surface area contributed by atoms with Crippen LogP contribution < -0.4 is 20.5 Å². The number of nitrogens with one attached hydrogen (secondary N) is 1. The first kappa shape index (κ1) is 31.4. The molecule has 1 amide bonds. The molecule has 2 saturated carbocycles. The van der Waals surface area contributed by atoms with Crippen molar-refractivity contribution in [1.82, 2.24) is 19.7 Å². The van der Waals surface area contributed by atoms with Crippen LogP contribution in [0.2, 0.25) is 5.02 Å². The Bertz CT molecular complexity index is 1670. The van der Waals surface area contributed by atoms with E-state index in [1.165, 1.54) is 13.1 Å². The molecule has 1 aliphatic heterocycles. The van der Waals surface area contributed by atoms with Gasteiger partial charge in [-0.15, -0.1) is 0 Å². The second kappa shape index (κ2) is 13.3. The molecule has 2 atom stereocenters. The van der Waals surface area contributed by atoms with Crippen LogP contribution in [0, 0.1) is 11.7 Å². The van der Waals surface area contributed by atoms with Crippen LogP contribution in [-0.2, 0) is 4.79 Å². The van der Waals surface area contributed by atoms with Crippen molar-refractivity contribution in [2.45, 2.75) is 50.4 Å². The zero-order valence-electron chi connectivity index (χ0n) is 25.1. The van der Waals surface area contributed by atoms with Gasteiger partial charge in [-0.25, -0.2) is 14.4 Å². The highest BCUT2D eigenvalue weighted by Crippen LogP contribution is 2.47. The summed E-state index contributed by atoms with van der Waals surface area (Å²) in [6.45, 7) is 5.11. The van der Waals surface area contributed by atoms with Crippen molar-refractivity contribution in [3.05, 3.63) is 76.1 Å². The molecule has 11 heteroatoms. The Hall–Kier alpha value is -4.02. The number of carbonyl (C=O) groups excluding carboxylic acids is 2. The minimum absolute atomic E-state index is 0.0262. The average molecular weight is 622 g/mol. The molecule has 9 nitrogen and oxygen atoms in total. The highest BCUT2D eigenvalue weighted by Gasteiger charge is 2.36. The summed E-state index contributed by atoms with van der Waals surface area (Å²) >= 11 is 5.95. The average Bonchev–Trinajstić information content (AvgIpc) is 3.99. The largest absolute Gasteiger partial charge is 0.493 e. The maximum Gasteiger partial charge on any atom is 0.252 e. The van der Waals surface area contributed by atoms with Crippen molar-refractivity contribution >= 4 is 29.9 Å². The van der Waals surface area contributed by atoms with Crippen molar-refractivity contribution in [3.8, 4) is 22.8 Å². The van der Waals surface area contributed by atoms with Crippen LogP contribution in [0.5, 0.6) is 11.5 Å². The van der Waals surface area contributed by atoms with Gasteiger partial charge in [-0.2, -0.15) is 0 Å². The van der Waals surface area contributed by atoms with E-state index in [1.807, 2.05) is 23.6 Å². The van der Waals surface area contributed by atoms with Crippen LogP contribution in [0.15, 0.2) is 42.7 Å². The van der Waals surface area contributed by atoms with Gasteiger partial charge in [-0.05, 0) is 62.9 Å². The van der Waals surface area contributed by atoms with Crippen LogP contribution in [0.25, 0.3) is 16.9 Å². The number of pyridine rings is 2. The summed E-state index contributed by atoms with van der Waals surface area (Å²) in [5, 5.41) is 3.22. The SMILES string of the molecule is C=O.CN.COc1cc(C(=O)NCC(c2cc3c(c(-c4ccc(Cl)c(F)c4)n2)OCC3C)C2CC2)cn2cc(C3CC3)nc12. The summed E-state index contributed by atoms with van der Waals surface area (Å²) in [4.78, 5) is 31.1. The minimum atomic E-state index is -0.494. The maximum atomic E-state index is 14.4. The number of aromatic nitrogens is 3. The molecule has 2 fully saturated rings. The lowest BCUT2D eigenvalue weighted by Gasteiger charge is -2.20. The second-order valence-electron chi connectivity index (χ2n) is 11.3. The number of nitrogens with zero attached hydrogens (tertiary/aromatic N) is 3. The number of imidazole rings is 1. The number of fused-ring (bicyclic) bond motifs is 2. The third-order valence-electron chi connectivity index (χ3n) is 8.29. The van der Waals surface area contributed by atoms with Crippen molar-refractivity contribution in [2.75, 3.05) is 27.3 Å². The maximum absolute atomic E-state index is 14.4. The Balaban J connectivity index is 0.000000924. The number of amides is 1. The number of methoxy groups -OCH3 is 1. The molecule has 44 heavy (non-hydrogen) atoms. The fourth-order valence-corrected chi connectivity index (χ4v) is 5.79. The molecule has 3 N–H and O–H groups in total. The summed E-state index contributed by atoms with van der Waals surface area (Å²) in [6, 6.07) is 8.58. The van der Waals surface area contributed by atoms with Crippen LogP contribution in [0.1, 0.15) is 77.7 Å². The number of ether oxygens (including phenoxy) is 2. The van der Waals surface area contributed by atoms with E-state index in [2.05, 4.69) is 24.0 Å². The molecule has 2 aliphatic carbocycles.